The lowest BCUT2D eigenvalue weighted by molar-refractivity contribution is -0.143. The number of primary amides is 1. The number of piperidine rings is 1. The number of hydrogen-bond donors (Lipinski definition) is 2. The van der Waals surface area contributed by atoms with Crippen LogP contribution in [0.3, 0.4) is 0 Å². The molecular formula is C12H14N2O4S. The summed E-state index contributed by atoms with van der Waals surface area (Å²) in [4.78, 5) is 36.4. The number of thiophene rings is 1. The van der Waals surface area contributed by atoms with E-state index in [1.807, 2.05) is 0 Å². The lowest BCUT2D eigenvalue weighted by atomic mass is 9.98. The molecule has 1 saturated heterocycles. The molecule has 0 aliphatic carbocycles. The fourth-order valence-electron chi connectivity index (χ4n) is 2.10. The minimum absolute atomic E-state index is 0.220. The molecule has 6 nitrogen and oxygen atoms in total. The smallest absolute Gasteiger partial charge is 0.308 e. The van der Waals surface area contributed by atoms with E-state index in [0.29, 0.717) is 29.1 Å². The summed E-state index contributed by atoms with van der Waals surface area (Å²) in [5.41, 5.74) is 5.14. The second-order valence-electron chi connectivity index (χ2n) is 4.46. The maximum Gasteiger partial charge on any atom is 0.308 e. The van der Waals surface area contributed by atoms with Gasteiger partial charge >= 0.3 is 5.97 Å². The minimum atomic E-state index is -0.874. The van der Waals surface area contributed by atoms with Crippen LogP contribution >= 0.6 is 11.3 Å². The summed E-state index contributed by atoms with van der Waals surface area (Å²) in [5.74, 6) is -2.18. The highest BCUT2D eigenvalue weighted by atomic mass is 32.1. The molecule has 1 aromatic heterocycles. The third-order valence-electron chi connectivity index (χ3n) is 3.12. The van der Waals surface area contributed by atoms with Crippen molar-refractivity contribution in [2.24, 2.45) is 11.7 Å². The largest absolute Gasteiger partial charge is 0.481 e. The fraction of sp³-hybridized carbons (Fsp3) is 0.417. The Morgan fingerprint density at radius 3 is 2.58 bits per heavy atom. The Kier molecular flexibility index (Phi) is 3.84. The molecule has 7 heteroatoms. The van der Waals surface area contributed by atoms with Crippen LogP contribution in [0.1, 0.15) is 32.2 Å². The number of rotatable bonds is 3. The van der Waals surface area contributed by atoms with E-state index in [1.165, 1.54) is 11.0 Å². The van der Waals surface area contributed by atoms with E-state index in [1.54, 1.807) is 6.07 Å². The molecule has 0 radical (unpaired) electrons. The molecule has 2 heterocycles. The van der Waals surface area contributed by atoms with E-state index in [0.717, 1.165) is 11.3 Å². The minimum Gasteiger partial charge on any atom is -0.481 e. The SMILES string of the molecule is NC(=O)c1ccc(C(=O)N2CCCC(C(=O)O)C2)s1. The molecule has 1 fully saturated rings. The van der Waals surface area contributed by atoms with Gasteiger partial charge in [0, 0.05) is 13.1 Å². The van der Waals surface area contributed by atoms with E-state index < -0.39 is 17.8 Å². The van der Waals surface area contributed by atoms with Crippen molar-refractivity contribution in [2.75, 3.05) is 13.1 Å². The highest BCUT2D eigenvalue weighted by Gasteiger charge is 2.29. The number of hydrogen-bond acceptors (Lipinski definition) is 4. The molecule has 1 aliphatic heterocycles. The third-order valence-corrected chi connectivity index (χ3v) is 4.21. The summed E-state index contributed by atoms with van der Waals surface area (Å²) in [5, 5.41) is 8.99. The zero-order valence-electron chi connectivity index (χ0n) is 10.2. The van der Waals surface area contributed by atoms with Gasteiger partial charge in [-0.1, -0.05) is 0 Å². The number of nitrogens with two attached hydrogens (primary N) is 1. The first-order chi connectivity index (χ1) is 8.99. The molecule has 1 atom stereocenters. The molecular weight excluding hydrogens is 268 g/mol. The molecule has 2 rings (SSSR count). The first kappa shape index (κ1) is 13.5. The molecule has 102 valence electrons. The van der Waals surface area contributed by atoms with E-state index in [-0.39, 0.29) is 12.5 Å². The number of carboxylic acid groups (broad SMARTS) is 1. The van der Waals surface area contributed by atoms with Crippen LogP contribution in [0.2, 0.25) is 0 Å². The Bertz CT molecular complexity index is 526. The molecule has 3 N–H and O–H groups in total. The van der Waals surface area contributed by atoms with Crippen molar-refractivity contribution in [3.63, 3.8) is 0 Å². The van der Waals surface area contributed by atoms with Crippen LogP contribution in [0.25, 0.3) is 0 Å². The van der Waals surface area contributed by atoms with Crippen LogP contribution in [0.4, 0.5) is 0 Å². The van der Waals surface area contributed by atoms with Gasteiger partial charge in [0.25, 0.3) is 11.8 Å². The molecule has 0 spiro atoms. The van der Waals surface area contributed by atoms with Gasteiger partial charge in [-0.2, -0.15) is 0 Å². The van der Waals surface area contributed by atoms with Gasteiger partial charge in [-0.15, -0.1) is 11.3 Å². The van der Waals surface area contributed by atoms with Gasteiger partial charge in [0.15, 0.2) is 0 Å². The van der Waals surface area contributed by atoms with Gasteiger partial charge in [-0.05, 0) is 25.0 Å². The molecule has 0 saturated carbocycles. The number of amides is 2. The Hall–Kier alpha value is -1.89. The highest BCUT2D eigenvalue weighted by molar-refractivity contribution is 7.15. The molecule has 0 aromatic carbocycles. The molecule has 1 unspecified atom stereocenters. The summed E-state index contributed by atoms with van der Waals surface area (Å²) in [6.07, 6.45) is 1.27. The van der Waals surface area contributed by atoms with Gasteiger partial charge in [0.05, 0.1) is 15.7 Å². The first-order valence-electron chi connectivity index (χ1n) is 5.90. The number of carboxylic acids is 1. The van der Waals surface area contributed by atoms with E-state index in [4.69, 9.17) is 10.8 Å². The van der Waals surface area contributed by atoms with Crippen LogP contribution in [0.15, 0.2) is 12.1 Å². The van der Waals surface area contributed by atoms with Crippen LogP contribution in [-0.2, 0) is 4.79 Å². The summed E-state index contributed by atoms with van der Waals surface area (Å²) >= 11 is 1.04. The Morgan fingerprint density at radius 1 is 1.32 bits per heavy atom. The van der Waals surface area contributed by atoms with Crippen molar-refractivity contribution >= 4 is 29.1 Å². The quantitative estimate of drug-likeness (QED) is 0.855. The molecule has 19 heavy (non-hydrogen) atoms. The monoisotopic (exact) mass is 282 g/mol. The number of carbonyl (C=O) groups is 3. The maximum absolute atomic E-state index is 12.2. The summed E-state index contributed by atoms with van der Waals surface area (Å²) in [7, 11) is 0. The predicted molar refractivity (Wildman–Crippen MR) is 69.1 cm³/mol. The van der Waals surface area contributed by atoms with Crippen LogP contribution in [-0.4, -0.2) is 40.9 Å². The van der Waals surface area contributed by atoms with E-state index in [9.17, 15) is 14.4 Å². The second kappa shape index (κ2) is 5.40. The summed E-state index contributed by atoms with van der Waals surface area (Å²) < 4.78 is 0. The van der Waals surface area contributed by atoms with Crippen molar-refractivity contribution in [3.05, 3.63) is 21.9 Å². The van der Waals surface area contributed by atoms with Gasteiger partial charge in [-0.25, -0.2) is 0 Å². The van der Waals surface area contributed by atoms with E-state index >= 15 is 0 Å². The van der Waals surface area contributed by atoms with Crippen molar-refractivity contribution in [1.29, 1.82) is 0 Å². The maximum atomic E-state index is 12.2. The van der Waals surface area contributed by atoms with Crippen LogP contribution < -0.4 is 5.73 Å². The molecule has 0 bridgehead atoms. The average Bonchev–Trinajstić information content (AvgIpc) is 2.87. The van der Waals surface area contributed by atoms with Crippen LogP contribution in [0.5, 0.6) is 0 Å². The van der Waals surface area contributed by atoms with Gasteiger partial charge in [-0.3, -0.25) is 14.4 Å². The normalized spacial score (nSPS) is 19.2. The standard InChI is InChI=1S/C12H14N2O4S/c13-10(15)8-3-4-9(19-8)11(16)14-5-1-2-7(6-14)12(17)18/h3-4,7H,1-2,5-6H2,(H2,13,15)(H,17,18). The lowest BCUT2D eigenvalue weighted by Gasteiger charge is -2.30. The van der Waals surface area contributed by atoms with Crippen molar-refractivity contribution in [2.45, 2.75) is 12.8 Å². The zero-order chi connectivity index (χ0) is 14.0. The van der Waals surface area contributed by atoms with Gasteiger partial charge in [0.1, 0.15) is 0 Å². The molecule has 1 aliphatic rings. The Morgan fingerprint density at radius 2 is 2.00 bits per heavy atom. The van der Waals surface area contributed by atoms with Gasteiger partial charge in [0.2, 0.25) is 0 Å². The number of likely N-dealkylation sites (tertiary alicyclic amines) is 1. The zero-order valence-corrected chi connectivity index (χ0v) is 11.0. The first-order valence-corrected chi connectivity index (χ1v) is 6.72. The van der Waals surface area contributed by atoms with Crippen molar-refractivity contribution in [3.8, 4) is 0 Å². The molecule has 2 amide bonds. The predicted octanol–water partition coefficient (Wildman–Crippen LogP) is 0.784. The third kappa shape index (κ3) is 2.93. The number of aliphatic carboxylic acids is 1. The molecule has 1 aromatic rings. The van der Waals surface area contributed by atoms with Crippen LogP contribution in [0, 0.1) is 5.92 Å². The van der Waals surface area contributed by atoms with Crippen molar-refractivity contribution < 1.29 is 19.5 Å². The fourth-order valence-corrected chi connectivity index (χ4v) is 2.93. The Balaban J connectivity index is 2.10. The van der Waals surface area contributed by atoms with Crippen molar-refractivity contribution in [1.82, 2.24) is 4.90 Å². The number of carbonyl (C=O) groups excluding carboxylic acids is 2. The lowest BCUT2D eigenvalue weighted by Crippen LogP contribution is -2.42. The average molecular weight is 282 g/mol. The van der Waals surface area contributed by atoms with E-state index in [2.05, 4.69) is 0 Å². The number of nitrogens with zero attached hydrogens (tertiary/aromatic N) is 1. The Labute approximate surface area is 113 Å². The van der Waals surface area contributed by atoms with Gasteiger partial charge < -0.3 is 15.7 Å². The topological polar surface area (TPSA) is 101 Å². The summed E-state index contributed by atoms with van der Waals surface area (Å²) in [6, 6.07) is 3.07. The highest BCUT2D eigenvalue weighted by Crippen LogP contribution is 2.22. The second-order valence-corrected chi connectivity index (χ2v) is 5.54. The summed E-state index contributed by atoms with van der Waals surface area (Å²) in [6.45, 7) is 0.768.